The first kappa shape index (κ1) is 14.5. The van der Waals surface area contributed by atoms with Gasteiger partial charge in [-0.1, -0.05) is 12.1 Å². The fourth-order valence-electron chi connectivity index (χ4n) is 2.78. The zero-order chi connectivity index (χ0) is 14.7. The van der Waals surface area contributed by atoms with E-state index in [4.69, 9.17) is 9.47 Å². The van der Waals surface area contributed by atoms with Crippen LogP contribution < -0.4 is 0 Å². The number of hydrogen-bond acceptors (Lipinski definition) is 4. The summed E-state index contributed by atoms with van der Waals surface area (Å²) in [5.41, 5.74) is 2.02. The van der Waals surface area contributed by atoms with Crippen LogP contribution in [0.4, 0.5) is 0 Å². The highest BCUT2D eigenvalue weighted by Gasteiger charge is 2.17. The molecule has 0 bridgehead atoms. The van der Waals surface area contributed by atoms with Gasteiger partial charge in [0.1, 0.15) is 5.82 Å². The number of rotatable bonds is 5. The molecule has 0 radical (unpaired) electrons. The molecule has 5 heteroatoms. The van der Waals surface area contributed by atoms with E-state index in [1.165, 1.54) is 0 Å². The van der Waals surface area contributed by atoms with Crippen molar-refractivity contribution in [2.45, 2.75) is 38.5 Å². The normalized spacial score (nSPS) is 18.2. The zero-order valence-corrected chi connectivity index (χ0v) is 12.4. The highest BCUT2D eigenvalue weighted by molar-refractivity contribution is 5.75. The lowest BCUT2D eigenvalue weighted by Gasteiger charge is -2.24. The third kappa shape index (κ3) is 3.43. The van der Waals surface area contributed by atoms with Gasteiger partial charge in [-0.05, 0) is 31.9 Å². The van der Waals surface area contributed by atoms with Crippen LogP contribution in [-0.2, 0) is 16.0 Å². The molecule has 1 aliphatic rings. The van der Waals surface area contributed by atoms with E-state index in [0.29, 0.717) is 13.2 Å². The first-order valence-electron chi connectivity index (χ1n) is 7.53. The number of benzene rings is 1. The van der Waals surface area contributed by atoms with Crippen molar-refractivity contribution in [1.82, 2.24) is 9.55 Å². The molecule has 2 aromatic rings. The summed E-state index contributed by atoms with van der Waals surface area (Å²) in [6.07, 6.45) is 1.53. The second-order valence-electron chi connectivity index (χ2n) is 5.56. The topological polar surface area (TPSA) is 56.5 Å². The fourth-order valence-corrected chi connectivity index (χ4v) is 2.78. The minimum Gasteiger partial charge on any atom is -0.389 e. The standard InChI is InChI=1S/C16H22N2O3/c1-12-17-15-4-2-3-5-16(15)18(12)10-13(19)11-21-14-6-8-20-9-7-14/h2-5,13-14,19H,6-11H2,1H3. The molecule has 1 aliphatic heterocycles. The molecule has 1 N–H and O–H groups in total. The molecular weight excluding hydrogens is 268 g/mol. The molecule has 0 spiro atoms. The van der Waals surface area contributed by atoms with E-state index in [0.717, 1.165) is 42.9 Å². The van der Waals surface area contributed by atoms with Crippen molar-refractivity contribution in [2.75, 3.05) is 19.8 Å². The van der Waals surface area contributed by atoms with Crippen LogP contribution >= 0.6 is 0 Å². The molecular formula is C16H22N2O3. The number of ether oxygens (including phenoxy) is 2. The van der Waals surface area contributed by atoms with Crippen molar-refractivity contribution >= 4 is 11.0 Å². The van der Waals surface area contributed by atoms with E-state index in [1.54, 1.807) is 0 Å². The highest BCUT2D eigenvalue weighted by atomic mass is 16.5. The van der Waals surface area contributed by atoms with Crippen LogP contribution in [0.3, 0.4) is 0 Å². The molecule has 0 saturated carbocycles. The second-order valence-corrected chi connectivity index (χ2v) is 5.56. The fraction of sp³-hybridized carbons (Fsp3) is 0.562. The largest absolute Gasteiger partial charge is 0.389 e. The molecule has 2 heterocycles. The Bertz CT molecular complexity index is 590. The maximum absolute atomic E-state index is 10.2. The summed E-state index contributed by atoms with van der Waals surface area (Å²) in [5.74, 6) is 0.918. The molecule has 1 saturated heterocycles. The average Bonchev–Trinajstić information content (AvgIpc) is 2.82. The lowest BCUT2D eigenvalue weighted by molar-refractivity contribution is -0.0616. The number of para-hydroxylation sites is 2. The summed E-state index contributed by atoms with van der Waals surface area (Å²) >= 11 is 0. The van der Waals surface area contributed by atoms with Gasteiger partial charge in [-0.2, -0.15) is 0 Å². The van der Waals surface area contributed by atoms with Crippen LogP contribution in [-0.4, -0.2) is 46.7 Å². The van der Waals surface area contributed by atoms with Gasteiger partial charge in [0.25, 0.3) is 0 Å². The molecule has 1 unspecified atom stereocenters. The van der Waals surface area contributed by atoms with Crippen LogP contribution in [0, 0.1) is 6.92 Å². The minimum atomic E-state index is -0.524. The lowest BCUT2D eigenvalue weighted by atomic mass is 10.1. The van der Waals surface area contributed by atoms with E-state index < -0.39 is 6.10 Å². The van der Waals surface area contributed by atoms with Gasteiger partial charge in [0.05, 0.1) is 36.4 Å². The third-order valence-corrected chi connectivity index (χ3v) is 3.93. The first-order chi connectivity index (χ1) is 10.2. The number of aliphatic hydroxyl groups excluding tert-OH is 1. The van der Waals surface area contributed by atoms with Gasteiger partial charge in [0, 0.05) is 13.2 Å². The van der Waals surface area contributed by atoms with Crippen LogP contribution in [0.15, 0.2) is 24.3 Å². The summed E-state index contributed by atoms with van der Waals surface area (Å²) in [4.78, 5) is 4.51. The molecule has 1 aromatic carbocycles. The predicted molar refractivity (Wildman–Crippen MR) is 80.3 cm³/mol. The summed E-state index contributed by atoms with van der Waals surface area (Å²) in [7, 11) is 0. The summed E-state index contributed by atoms with van der Waals surface area (Å²) in [5, 5.41) is 10.2. The van der Waals surface area contributed by atoms with Crippen molar-refractivity contribution in [2.24, 2.45) is 0 Å². The molecule has 21 heavy (non-hydrogen) atoms. The van der Waals surface area contributed by atoms with E-state index >= 15 is 0 Å². The van der Waals surface area contributed by atoms with Crippen LogP contribution in [0.2, 0.25) is 0 Å². The van der Waals surface area contributed by atoms with Crippen molar-refractivity contribution in [1.29, 1.82) is 0 Å². The highest BCUT2D eigenvalue weighted by Crippen LogP contribution is 2.16. The van der Waals surface area contributed by atoms with E-state index in [-0.39, 0.29) is 6.10 Å². The molecule has 114 valence electrons. The second kappa shape index (κ2) is 6.56. The van der Waals surface area contributed by atoms with Gasteiger partial charge >= 0.3 is 0 Å². The van der Waals surface area contributed by atoms with Gasteiger partial charge in [-0.25, -0.2) is 4.98 Å². The SMILES string of the molecule is Cc1nc2ccccc2n1CC(O)COC1CCOCC1. The lowest BCUT2D eigenvalue weighted by Crippen LogP contribution is -2.29. The molecule has 1 fully saturated rings. The average molecular weight is 290 g/mol. The molecule has 5 nitrogen and oxygen atoms in total. The Morgan fingerprint density at radius 3 is 2.95 bits per heavy atom. The number of imidazole rings is 1. The summed E-state index contributed by atoms with van der Waals surface area (Å²) in [6.45, 7) is 4.34. The van der Waals surface area contributed by atoms with Crippen LogP contribution in [0.1, 0.15) is 18.7 Å². The Morgan fingerprint density at radius 1 is 1.38 bits per heavy atom. The molecule has 3 rings (SSSR count). The Hall–Kier alpha value is -1.43. The van der Waals surface area contributed by atoms with Crippen molar-refractivity contribution < 1.29 is 14.6 Å². The van der Waals surface area contributed by atoms with E-state index in [2.05, 4.69) is 4.98 Å². The quantitative estimate of drug-likeness (QED) is 0.914. The van der Waals surface area contributed by atoms with Crippen LogP contribution in [0.5, 0.6) is 0 Å². The number of nitrogens with zero attached hydrogens (tertiary/aromatic N) is 2. The molecule has 1 atom stereocenters. The first-order valence-corrected chi connectivity index (χ1v) is 7.53. The number of fused-ring (bicyclic) bond motifs is 1. The van der Waals surface area contributed by atoms with Gasteiger partial charge in [0.2, 0.25) is 0 Å². The van der Waals surface area contributed by atoms with Gasteiger partial charge in [-0.3, -0.25) is 0 Å². The van der Waals surface area contributed by atoms with Gasteiger partial charge in [-0.15, -0.1) is 0 Å². The Kier molecular flexibility index (Phi) is 4.53. The third-order valence-electron chi connectivity index (χ3n) is 3.93. The maximum Gasteiger partial charge on any atom is 0.106 e. The molecule has 0 amide bonds. The Labute approximate surface area is 124 Å². The maximum atomic E-state index is 10.2. The Morgan fingerprint density at radius 2 is 2.14 bits per heavy atom. The number of aromatic nitrogens is 2. The smallest absolute Gasteiger partial charge is 0.106 e. The molecule has 0 aliphatic carbocycles. The number of hydrogen-bond donors (Lipinski definition) is 1. The summed E-state index contributed by atoms with van der Waals surface area (Å²) < 4.78 is 13.1. The van der Waals surface area contributed by atoms with Crippen molar-refractivity contribution in [3.63, 3.8) is 0 Å². The summed E-state index contributed by atoms with van der Waals surface area (Å²) in [6, 6.07) is 7.99. The van der Waals surface area contributed by atoms with Crippen LogP contribution in [0.25, 0.3) is 11.0 Å². The van der Waals surface area contributed by atoms with E-state index in [9.17, 15) is 5.11 Å². The Balaban J connectivity index is 1.60. The number of aryl methyl sites for hydroxylation is 1. The monoisotopic (exact) mass is 290 g/mol. The minimum absolute atomic E-state index is 0.217. The molecule has 1 aromatic heterocycles. The van der Waals surface area contributed by atoms with Crippen molar-refractivity contribution in [3.8, 4) is 0 Å². The van der Waals surface area contributed by atoms with E-state index in [1.807, 2.05) is 35.8 Å². The van der Waals surface area contributed by atoms with Gasteiger partial charge in [0.15, 0.2) is 0 Å². The van der Waals surface area contributed by atoms with Crippen molar-refractivity contribution in [3.05, 3.63) is 30.1 Å². The zero-order valence-electron chi connectivity index (χ0n) is 12.4. The number of aliphatic hydroxyl groups is 1. The van der Waals surface area contributed by atoms with Gasteiger partial charge < -0.3 is 19.1 Å². The predicted octanol–water partition coefficient (Wildman–Crippen LogP) is 1.90.